The van der Waals surface area contributed by atoms with Crippen LogP contribution in [0.4, 0.5) is 5.82 Å². The number of aromatic nitrogens is 2. The first-order valence-electron chi connectivity index (χ1n) is 5.88. The van der Waals surface area contributed by atoms with Crippen LogP contribution in [0.3, 0.4) is 0 Å². The summed E-state index contributed by atoms with van der Waals surface area (Å²) in [5.41, 5.74) is 1.03. The molecule has 1 atom stereocenters. The largest absolute Gasteiger partial charge is 0.377 e. The Morgan fingerprint density at radius 1 is 1.44 bits per heavy atom. The summed E-state index contributed by atoms with van der Waals surface area (Å²) in [6.07, 6.45) is 1.45. The molecule has 0 aromatic carbocycles. The summed E-state index contributed by atoms with van der Waals surface area (Å²) in [6, 6.07) is 2.04. The summed E-state index contributed by atoms with van der Waals surface area (Å²) in [5, 5.41) is 0. The third-order valence-corrected chi connectivity index (χ3v) is 2.82. The van der Waals surface area contributed by atoms with Gasteiger partial charge >= 0.3 is 0 Å². The van der Waals surface area contributed by atoms with Crippen LogP contribution in [0, 0.1) is 13.8 Å². The van der Waals surface area contributed by atoms with E-state index in [4.69, 9.17) is 4.74 Å². The van der Waals surface area contributed by atoms with Gasteiger partial charge < -0.3 is 9.64 Å². The average molecular weight is 221 g/mol. The molecule has 0 N–H and O–H groups in total. The lowest BCUT2D eigenvalue weighted by atomic mass is 10.3. The second-order valence-electron chi connectivity index (χ2n) is 4.23. The Kier molecular flexibility index (Phi) is 3.39. The molecule has 2 rings (SSSR count). The molecule has 4 heteroatoms. The maximum atomic E-state index is 5.63. The van der Waals surface area contributed by atoms with Crippen LogP contribution >= 0.6 is 0 Å². The predicted octanol–water partition coefficient (Wildman–Crippen LogP) is 1.71. The van der Waals surface area contributed by atoms with Crippen molar-refractivity contribution in [1.29, 1.82) is 0 Å². The molecular formula is C12H19N3O. The summed E-state index contributed by atoms with van der Waals surface area (Å²) >= 11 is 0. The van der Waals surface area contributed by atoms with Crippen LogP contribution in [0.15, 0.2) is 6.07 Å². The van der Waals surface area contributed by atoms with Crippen molar-refractivity contribution >= 4 is 5.82 Å². The average Bonchev–Trinajstić information content (AvgIpc) is 2.65. The molecule has 0 aliphatic carbocycles. The maximum Gasteiger partial charge on any atom is 0.132 e. The van der Waals surface area contributed by atoms with Crippen LogP contribution in [-0.4, -0.2) is 35.8 Å². The Balaban J connectivity index is 2.08. The Morgan fingerprint density at radius 3 is 2.94 bits per heavy atom. The second-order valence-corrected chi connectivity index (χ2v) is 4.23. The second kappa shape index (κ2) is 4.78. The number of nitrogens with zero attached hydrogens (tertiary/aromatic N) is 3. The molecule has 0 unspecified atom stereocenters. The molecule has 1 aromatic heterocycles. The highest BCUT2D eigenvalue weighted by atomic mass is 16.5. The van der Waals surface area contributed by atoms with E-state index in [-0.39, 0.29) is 0 Å². The molecule has 1 saturated heterocycles. The van der Waals surface area contributed by atoms with Crippen molar-refractivity contribution in [2.45, 2.75) is 33.3 Å². The van der Waals surface area contributed by atoms with Crippen molar-refractivity contribution in [3.05, 3.63) is 17.6 Å². The molecule has 2 heterocycles. The van der Waals surface area contributed by atoms with Crippen molar-refractivity contribution < 1.29 is 4.74 Å². The third-order valence-electron chi connectivity index (χ3n) is 2.82. The van der Waals surface area contributed by atoms with E-state index >= 15 is 0 Å². The third kappa shape index (κ3) is 2.50. The van der Waals surface area contributed by atoms with Gasteiger partial charge in [0.2, 0.25) is 0 Å². The fraction of sp³-hybridized carbons (Fsp3) is 0.667. The minimum atomic E-state index is 0.362. The van der Waals surface area contributed by atoms with E-state index in [1.165, 1.54) is 0 Å². The van der Waals surface area contributed by atoms with Gasteiger partial charge in [-0.1, -0.05) is 0 Å². The highest BCUT2D eigenvalue weighted by Gasteiger charge is 2.23. The molecule has 0 spiro atoms. The van der Waals surface area contributed by atoms with Gasteiger partial charge in [-0.25, -0.2) is 9.97 Å². The SMILES string of the molecule is CCO[C@@H]1CCN(c2cc(C)nc(C)n2)C1. The lowest BCUT2D eigenvalue weighted by Crippen LogP contribution is -2.24. The van der Waals surface area contributed by atoms with Gasteiger partial charge in [-0.2, -0.15) is 0 Å². The molecule has 0 saturated carbocycles. The molecule has 0 bridgehead atoms. The minimum Gasteiger partial charge on any atom is -0.377 e. The fourth-order valence-corrected chi connectivity index (χ4v) is 2.17. The van der Waals surface area contributed by atoms with E-state index in [0.29, 0.717) is 6.10 Å². The van der Waals surface area contributed by atoms with Crippen LogP contribution in [0.2, 0.25) is 0 Å². The zero-order valence-electron chi connectivity index (χ0n) is 10.2. The first-order valence-corrected chi connectivity index (χ1v) is 5.88. The van der Waals surface area contributed by atoms with Gasteiger partial charge in [-0.05, 0) is 27.2 Å². The smallest absolute Gasteiger partial charge is 0.132 e. The molecule has 4 nitrogen and oxygen atoms in total. The molecule has 88 valence electrons. The minimum absolute atomic E-state index is 0.362. The van der Waals surface area contributed by atoms with E-state index < -0.39 is 0 Å². The van der Waals surface area contributed by atoms with E-state index in [1.54, 1.807) is 0 Å². The molecule has 1 aliphatic heterocycles. The number of hydrogen-bond donors (Lipinski definition) is 0. The van der Waals surface area contributed by atoms with Crippen LogP contribution in [0.5, 0.6) is 0 Å². The Morgan fingerprint density at radius 2 is 2.25 bits per heavy atom. The number of hydrogen-bond acceptors (Lipinski definition) is 4. The van der Waals surface area contributed by atoms with Crippen LogP contribution in [0.25, 0.3) is 0 Å². The summed E-state index contributed by atoms with van der Waals surface area (Å²) in [4.78, 5) is 11.0. The Hall–Kier alpha value is -1.16. The first kappa shape index (κ1) is 11.3. The Bertz CT molecular complexity index is 347. The molecule has 1 aliphatic rings. The fourth-order valence-electron chi connectivity index (χ4n) is 2.17. The molecule has 16 heavy (non-hydrogen) atoms. The van der Waals surface area contributed by atoms with Gasteiger partial charge in [-0.3, -0.25) is 0 Å². The summed E-state index contributed by atoms with van der Waals surface area (Å²) < 4.78 is 5.63. The lowest BCUT2D eigenvalue weighted by molar-refractivity contribution is 0.0787. The normalized spacial score (nSPS) is 20.4. The quantitative estimate of drug-likeness (QED) is 0.779. The van der Waals surface area contributed by atoms with Crippen molar-refractivity contribution in [3.8, 4) is 0 Å². The summed E-state index contributed by atoms with van der Waals surface area (Å²) in [7, 11) is 0. The van der Waals surface area contributed by atoms with Gasteiger partial charge in [0.05, 0.1) is 6.10 Å². The molecule has 0 radical (unpaired) electrons. The molecule has 1 aromatic rings. The van der Waals surface area contributed by atoms with Gasteiger partial charge in [0.25, 0.3) is 0 Å². The highest BCUT2D eigenvalue weighted by molar-refractivity contribution is 5.41. The van der Waals surface area contributed by atoms with E-state index in [2.05, 4.69) is 14.9 Å². The number of anilines is 1. The van der Waals surface area contributed by atoms with E-state index in [0.717, 1.165) is 43.5 Å². The van der Waals surface area contributed by atoms with E-state index in [1.807, 2.05) is 26.8 Å². The molecule has 1 fully saturated rings. The standard InChI is InChI=1S/C12H19N3O/c1-4-16-11-5-6-15(8-11)12-7-9(2)13-10(3)14-12/h7,11H,4-6,8H2,1-3H3/t11-/m1/s1. The van der Waals surface area contributed by atoms with Crippen LogP contribution in [-0.2, 0) is 4.74 Å². The molecular weight excluding hydrogens is 202 g/mol. The van der Waals surface area contributed by atoms with Crippen molar-refractivity contribution in [2.75, 3.05) is 24.6 Å². The van der Waals surface area contributed by atoms with Crippen LogP contribution < -0.4 is 4.90 Å². The number of aryl methyl sites for hydroxylation is 2. The van der Waals surface area contributed by atoms with E-state index in [9.17, 15) is 0 Å². The molecule has 0 amide bonds. The Labute approximate surface area is 96.7 Å². The van der Waals surface area contributed by atoms with Gasteiger partial charge in [0.15, 0.2) is 0 Å². The van der Waals surface area contributed by atoms with Crippen molar-refractivity contribution in [2.24, 2.45) is 0 Å². The van der Waals surface area contributed by atoms with Crippen molar-refractivity contribution in [3.63, 3.8) is 0 Å². The van der Waals surface area contributed by atoms with Gasteiger partial charge in [-0.15, -0.1) is 0 Å². The lowest BCUT2D eigenvalue weighted by Gasteiger charge is -2.18. The predicted molar refractivity (Wildman–Crippen MR) is 63.8 cm³/mol. The number of rotatable bonds is 3. The van der Waals surface area contributed by atoms with Crippen LogP contribution in [0.1, 0.15) is 24.9 Å². The van der Waals surface area contributed by atoms with Crippen molar-refractivity contribution in [1.82, 2.24) is 9.97 Å². The summed E-state index contributed by atoms with van der Waals surface area (Å²) in [6.45, 7) is 8.76. The summed E-state index contributed by atoms with van der Waals surface area (Å²) in [5.74, 6) is 1.88. The van der Waals surface area contributed by atoms with Gasteiger partial charge in [0.1, 0.15) is 11.6 Å². The zero-order valence-corrected chi connectivity index (χ0v) is 10.2. The van der Waals surface area contributed by atoms with Gasteiger partial charge in [0, 0.05) is 31.5 Å². The highest BCUT2D eigenvalue weighted by Crippen LogP contribution is 2.20. The monoisotopic (exact) mass is 221 g/mol. The zero-order chi connectivity index (χ0) is 11.5. The number of ether oxygens (including phenoxy) is 1. The first-order chi connectivity index (χ1) is 7.69. The topological polar surface area (TPSA) is 38.2 Å². The maximum absolute atomic E-state index is 5.63.